The third-order valence-corrected chi connectivity index (χ3v) is 5.08. The summed E-state index contributed by atoms with van der Waals surface area (Å²) >= 11 is 0. The van der Waals surface area contributed by atoms with Crippen LogP contribution in [-0.2, 0) is 0 Å². The van der Waals surface area contributed by atoms with Gasteiger partial charge >= 0.3 is 0 Å². The molecule has 0 unspecified atom stereocenters. The summed E-state index contributed by atoms with van der Waals surface area (Å²) in [6.45, 7) is 1.95. The van der Waals surface area contributed by atoms with Crippen LogP contribution >= 0.6 is 0 Å². The maximum Gasteiger partial charge on any atom is 0.269 e. The zero-order chi connectivity index (χ0) is 19.6. The summed E-state index contributed by atoms with van der Waals surface area (Å²) in [4.78, 5) is 20.8. The molecule has 1 heterocycles. The van der Waals surface area contributed by atoms with Crippen molar-refractivity contribution in [3.8, 4) is 0 Å². The van der Waals surface area contributed by atoms with E-state index < -0.39 is 9.85 Å². The molecule has 0 aliphatic carbocycles. The number of rotatable bonds is 4. The van der Waals surface area contributed by atoms with E-state index in [9.17, 15) is 25.4 Å². The molecule has 0 saturated carbocycles. The quantitative estimate of drug-likeness (QED) is 0.484. The second-order valence-electron chi connectivity index (χ2n) is 6.61. The van der Waals surface area contributed by atoms with E-state index in [4.69, 9.17) is 0 Å². The molecule has 9 heteroatoms. The van der Waals surface area contributed by atoms with Crippen molar-refractivity contribution < 1.29 is 20.4 Å². The second kappa shape index (κ2) is 7.50. The minimum Gasteiger partial charge on any atom is -0.411 e. The zero-order valence-corrected chi connectivity index (χ0v) is 14.6. The van der Waals surface area contributed by atoms with Crippen LogP contribution in [0.2, 0.25) is 0 Å². The summed E-state index contributed by atoms with van der Waals surface area (Å²) in [6.07, 6.45) is 0.513. The van der Waals surface area contributed by atoms with E-state index in [-0.39, 0.29) is 29.4 Å². The average Bonchev–Trinajstić information content (AvgIpc) is 2.68. The fourth-order valence-corrected chi connectivity index (χ4v) is 3.53. The van der Waals surface area contributed by atoms with E-state index in [0.717, 1.165) is 11.1 Å². The van der Waals surface area contributed by atoms with Gasteiger partial charge in [-0.05, 0) is 24.3 Å². The molecule has 0 radical (unpaired) electrons. The highest BCUT2D eigenvalue weighted by molar-refractivity contribution is 5.87. The summed E-state index contributed by atoms with van der Waals surface area (Å²) in [5.74, 6) is -0.0641. The van der Waals surface area contributed by atoms with Crippen LogP contribution in [0.3, 0.4) is 0 Å². The number of hydrogen-bond donors (Lipinski definition) is 2. The number of benzene rings is 2. The van der Waals surface area contributed by atoms with Gasteiger partial charge < -0.3 is 10.5 Å². The van der Waals surface area contributed by atoms with Gasteiger partial charge in [0.15, 0.2) is 0 Å². The van der Waals surface area contributed by atoms with Crippen LogP contribution in [0, 0.1) is 26.1 Å². The molecule has 1 aliphatic rings. The van der Waals surface area contributed by atoms with Crippen LogP contribution < -0.4 is 5.32 Å². The molecule has 0 spiro atoms. The summed E-state index contributed by atoms with van der Waals surface area (Å²) in [5, 5.41) is 36.7. The van der Waals surface area contributed by atoms with Crippen molar-refractivity contribution >= 4 is 17.1 Å². The molecule has 2 aromatic carbocycles. The molecule has 3 N–H and O–H groups in total. The Kier molecular flexibility index (Phi) is 5.13. The third kappa shape index (κ3) is 3.77. The monoisotopic (exact) mass is 371 g/mol. The van der Waals surface area contributed by atoms with Gasteiger partial charge in [0.25, 0.3) is 11.4 Å². The second-order valence-corrected chi connectivity index (χ2v) is 6.61. The Morgan fingerprint density at radius 3 is 1.89 bits per heavy atom. The number of nitro groups is 2. The first-order valence-corrected chi connectivity index (χ1v) is 8.45. The molecule has 3 rings (SSSR count). The van der Waals surface area contributed by atoms with Gasteiger partial charge in [0.2, 0.25) is 0 Å². The molecule has 0 bridgehead atoms. The van der Waals surface area contributed by atoms with E-state index in [1.807, 2.05) is 6.92 Å². The van der Waals surface area contributed by atoms with Crippen LogP contribution in [0.1, 0.15) is 36.6 Å². The first-order chi connectivity index (χ1) is 12.9. The molecule has 1 saturated heterocycles. The number of piperidine rings is 1. The van der Waals surface area contributed by atoms with Gasteiger partial charge in [0, 0.05) is 41.8 Å². The maximum atomic E-state index is 10.9. The van der Waals surface area contributed by atoms with Crippen LogP contribution in [0.5, 0.6) is 0 Å². The predicted molar refractivity (Wildman–Crippen MR) is 96.6 cm³/mol. The molecule has 0 amide bonds. The molecule has 27 heavy (non-hydrogen) atoms. The van der Waals surface area contributed by atoms with Gasteiger partial charge in [0.1, 0.15) is 12.1 Å². The number of nitro benzene ring substituents is 2. The van der Waals surface area contributed by atoms with Crippen molar-refractivity contribution in [2.24, 2.45) is 11.1 Å². The normalized spacial score (nSPS) is 23.9. The number of non-ortho nitro benzene ring substituents is 2. The molecular weight excluding hydrogens is 352 g/mol. The van der Waals surface area contributed by atoms with Crippen molar-refractivity contribution in [3.63, 3.8) is 0 Å². The maximum absolute atomic E-state index is 10.9. The average molecular weight is 371 g/mol. The first kappa shape index (κ1) is 18.5. The number of quaternary nitrogens is 1. The standard InChI is InChI=1S/C18H18N4O5/c1-11-16(20-23)10-17(12-2-6-14(7-3-12)21(24)25)19-18(11)13-4-8-15(9-5-13)22(26)27/h2-9,11,17-19,23H,10H2,1H3/p+1/b20-16+/t11-,17-,18-/m0/s1. The molecular formula is C18H19N4O5+. The predicted octanol–water partition coefficient (Wildman–Crippen LogP) is 2.72. The van der Waals surface area contributed by atoms with Crippen LogP contribution in [0.15, 0.2) is 53.7 Å². The van der Waals surface area contributed by atoms with Gasteiger partial charge in [0.05, 0.1) is 21.5 Å². The lowest BCUT2D eigenvalue weighted by atomic mass is 9.81. The number of nitrogens with zero attached hydrogens (tertiary/aromatic N) is 3. The fourth-order valence-electron chi connectivity index (χ4n) is 3.53. The smallest absolute Gasteiger partial charge is 0.269 e. The van der Waals surface area contributed by atoms with E-state index in [1.54, 1.807) is 24.3 Å². The van der Waals surface area contributed by atoms with Crippen molar-refractivity contribution in [2.45, 2.75) is 25.4 Å². The molecule has 9 nitrogen and oxygen atoms in total. The Balaban J connectivity index is 1.89. The fraction of sp³-hybridized carbons (Fsp3) is 0.278. The molecule has 1 aliphatic heterocycles. The topological polar surface area (TPSA) is 135 Å². The van der Waals surface area contributed by atoms with E-state index in [0.29, 0.717) is 12.1 Å². The summed E-state index contributed by atoms with van der Waals surface area (Å²) in [6, 6.07) is 12.5. The highest BCUT2D eigenvalue weighted by Gasteiger charge is 2.38. The molecule has 0 aromatic heterocycles. The summed E-state index contributed by atoms with van der Waals surface area (Å²) in [5.41, 5.74) is 2.45. The van der Waals surface area contributed by atoms with Crippen molar-refractivity contribution in [1.29, 1.82) is 0 Å². The molecule has 140 valence electrons. The van der Waals surface area contributed by atoms with Crippen LogP contribution in [-0.4, -0.2) is 20.8 Å². The number of oxime groups is 1. The Morgan fingerprint density at radius 1 is 0.963 bits per heavy atom. The third-order valence-electron chi connectivity index (χ3n) is 5.08. The Morgan fingerprint density at radius 2 is 1.44 bits per heavy atom. The molecule has 1 fully saturated rings. The first-order valence-electron chi connectivity index (χ1n) is 8.45. The van der Waals surface area contributed by atoms with Crippen LogP contribution in [0.4, 0.5) is 11.4 Å². The lowest BCUT2D eigenvalue weighted by molar-refractivity contribution is -0.741. The number of hydrogen-bond acceptors (Lipinski definition) is 6. The van der Waals surface area contributed by atoms with E-state index >= 15 is 0 Å². The van der Waals surface area contributed by atoms with E-state index in [2.05, 4.69) is 10.5 Å². The zero-order valence-electron chi connectivity index (χ0n) is 14.6. The number of nitrogens with two attached hydrogens (primary N) is 1. The molecule has 3 atom stereocenters. The van der Waals surface area contributed by atoms with Gasteiger partial charge in [-0.3, -0.25) is 20.2 Å². The highest BCUT2D eigenvalue weighted by atomic mass is 16.6. The minimum atomic E-state index is -0.448. The van der Waals surface area contributed by atoms with Gasteiger partial charge in [-0.25, -0.2) is 0 Å². The van der Waals surface area contributed by atoms with Crippen molar-refractivity contribution in [1.82, 2.24) is 0 Å². The Labute approximate surface area is 154 Å². The summed E-state index contributed by atoms with van der Waals surface area (Å²) in [7, 11) is 0. The SMILES string of the molecule is C[C@H]1/C(=N/O)C[C@@H](c2ccc([N+](=O)[O-])cc2)[NH2+][C@@H]1c1ccc([N+](=O)[O-])cc1. The van der Waals surface area contributed by atoms with Gasteiger partial charge in [-0.1, -0.05) is 12.1 Å². The van der Waals surface area contributed by atoms with Crippen LogP contribution in [0.25, 0.3) is 0 Å². The molecule has 2 aromatic rings. The lowest BCUT2D eigenvalue weighted by Gasteiger charge is -2.33. The van der Waals surface area contributed by atoms with Crippen molar-refractivity contribution in [2.75, 3.05) is 0 Å². The van der Waals surface area contributed by atoms with E-state index in [1.165, 1.54) is 24.3 Å². The highest BCUT2D eigenvalue weighted by Crippen LogP contribution is 2.31. The summed E-state index contributed by atoms with van der Waals surface area (Å²) < 4.78 is 0. The largest absolute Gasteiger partial charge is 0.411 e. The van der Waals surface area contributed by atoms with Crippen molar-refractivity contribution in [3.05, 3.63) is 79.9 Å². The van der Waals surface area contributed by atoms with Gasteiger partial charge in [-0.2, -0.15) is 0 Å². The van der Waals surface area contributed by atoms with Gasteiger partial charge in [-0.15, -0.1) is 0 Å². The minimum absolute atomic E-state index is 0.0187. The Hall–Kier alpha value is -3.33. The Bertz CT molecular complexity index is 880. The lowest BCUT2D eigenvalue weighted by Crippen LogP contribution is -2.90.